The largest absolute Gasteiger partial charge is 0.619 e. The average molecular weight is 376 g/mol. The first-order chi connectivity index (χ1) is 13.4. The Morgan fingerprint density at radius 3 is 2.18 bits per heavy atom. The summed E-state index contributed by atoms with van der Waals surface area (Å²) in [5.41, 5.74) is 3.39. The Kier molecular flexibility index (Phi) is 5.69. The summed E-state index contributed by atoms with van der Waals surface area (Å²) >= 11 is 0. The molecule has 0 aliphatic heterocycles. The van der Waals surface area contributed by atoms with Crippen molar-refractivity contribution in [3.63, 3.8) is 0 Å². The number of nitrogens with zero attached hydrogens (tertiary/aromatic N) is 1. The molecule has 28 heavy (non-hydrogen) atoms. The summed E-state index contributed by atoms with van der Waals surface area (Å²) in [7, 11) is 0. The fourth-order valence-electron chi connectivity index (χ4n) is 2.88. The van der Waals surface area contributed by atoms with Crippen LogP contribution in [0.2, 0.25) is 0 Å². The number of ether oxygens (including phenoxy) is 1. The topological polar surface area (TPSA) is 82.3 Å². The number of pyridine rings is 1. The molecule has 1 amide bonds. The minimum atomic E-state index is -1.13. The minimum Gasteiger partial charge on any atom is -0.619 e. The highest BCUT2D eigenvalue weighted by molar-refractivity contribution is 5.98. The summed E-state index contributed by atoms with van der Waals surface area (Å²) in [5, 5.41) is 14.0. The Balaban J connectivity index is 1.85. The van der Waals surface area contributed by atoms with Crippen molar-refractivity contribution in [2.45, 2.75) is 20.0 Å². The molecular formula is C22H20N2O4. The van der Waals surface area contributed by atoms with E-state index in [1.807, 2.05) is 38.1 Å². The van der Waals surface area contributed by atoms with Gasteiger partial charge in [-0.05, 0) is 37.1 Å². The fraction of sp³-hybridized carbons (Fsp3) is 0.136. The van der Waals surface area contributed by atoms with E-state index in [1.165, 1.54) is 24.5 Å². The Bertz CT molecular complexity index is 965. The molecule has 0 bridgehead atoms. The van der Waals surface area contributed by atoms with Gasteiger partial charge < -0.3 is 15.3 Å². The van der Waals surface area contributed by atoms with E-state index < -0.39 is 18.0 Å². The van der Waals surface area contributed by atoms with E-state index in [9.17, 15) is 14.8 Å². The first-order valence-electron chi connectivity index (χ1n) is 8.76. The van der Waals surface area contributed by atoms with Gasteiger partial charge in [0, 0.05) is 23.4 Å². The van der Waals surface area contributed by atoms with E-state index in [4.69, 9.17) is 4.74 Å². The van der Waals surface area contributed by atoms with Crippen LogP contribution in [0, 0.1) is 19.1 Å². The van der Waals surface area contributed by atoms with Crippen LogP contribution in [-0.2, 0) is 9.53 Å². The summed E-state index contributed by atoms with van der Waals surface area (Å²) in [6, 6.07) is 17.2. The molecule has 0 spiro atoms. The standard InChI is InChI=1S/C22H20N2O4/c1-15-12-16(2)14-19(13-15)23-21(25)20(17-6-4-3-5-7-17)28-22(26)18-8-10-24(27)11-9-18/h3-14,20H,1-2H3,(H,23,25)/t20-/m1/s1. The maximum Gasteiger partial charge on any atom is 0.339 e. The van der Waals surface area contributed by atoms with Crippen molar-refractivity contribution in [1.82, 2.24) is 0 Å². The van der Waals surface area contributed by atoms with Gasteiger partial charge in [0.25, 0.3) is 5.91 Å². The molecule has 0 aliphatic rings. The van der Waals surface area contributed by atoms with Crippen LogP contribution in [-0.4, -0.2) is 11.9 Å². The third-order valence-electron chi connectivity index (χ3n) is 4.09. The van der Waals surface area contributed by atoms with Crippen LogP contribution in [0.3, 0.4) is 0 Å². The van der Waals surface area contributed by atoms with Gasteiger partial charge in [0.2, 0.25) is 6.10 Å². The lowest BCUT2D eigenvalue weighted by molar-refractivity contribution is -0.605. The van der Waals surface area contributed by atoms with Crippen LogP contribution in [0.1, 0.15) is 33.2 Å². The number of hydrogen-bond donors (Lipinski definition) is 1. The fourth-order valence-corrected chi connectivity index (χ4v) is 2.88. The lowest BCUT2D eigenvalue weighted by atomic mass is 10.1. The molecular weight excluding hydrogens is 356 g/mol. The number of anilines is 1. The number of rotatable bonds is 5. The molecule has 0 saturated heterocycles. The van der Waals surface area contributed by atoms with E-state index in [0.717, 1.165) is 11.1 Å². The Morgan fingerprint density at radius 2 is 1.57 bits per heavy atom. The van der Waals surface area contributed by atoms with Crippen LogP contribution in [0.15, 0.2) is 73.1 Å². The van der Waals surface area contributed by atoms with Crippen molar-refractivity contribution in [2.75, 3.05) is 5.32 Å². The molecule has 1 heterocycles. The third kappa shape index (κ3) is 4.73. The third-order valence-corrected chi connectivity index (χ3v) is 4.09. The molecule has 6 nitrogen and oxygen atoms in total. The number of nitrogens with one attached hydrogen (secondary N) is 1. The molecule has 1 atom stereocenters. The van der Waals surface area contributed by atoms with E-state index in [-0.39, 0.29) is 5.56 Å². The molecule has 0 radical (unpaired) electrons. The van der Waals surface area contributed by atoms with Gasteiger partial charge >= 0.3 is 5.97 Å². The first-order valence-corrected chi connectivity index (χ1v) is 8.76. The molecule has 6 heteroatoms. The molecule has 142 valence electrons. The zero-order valence-corrected chi connectivity index (χ0v) is 15.6. The van der Waals surface area contributed by atoms with Crippen LogP contribution < -0.4 is 10.0 Å². The summed E-state index contributed by atoms with van der Waals surface area (Å²) in [6.45, 7) is 3.88. The molecule has 0 aliphatic carbocycles. The first kappa shape index (κ1) is 19.1. The maximum atomic E-state index is 12.9. The predicted octanol–water partition coefficient (Wildman–Crippen LogP) is 3.47. The number of carbonyl (C=O) groups is 2. The molecule has 3 rings (SSSR count). The highest BCUT2D eigenvalue weighted by atomic mass is 16.5. The molecule has 2 aromatic carbocycles. The van der Waals surface area contributed by atoms with Crippen molar-refractivity contribution >= 4 is 17.6 Å². The summed E-state index contributed by atoms with van der Waals surface area (Å²) in [6.07, 6.45) is 1.27. The number of benzene rings is 2. The van der Waals surface area contributed by atoms with Gasteiger partial charge in [0.15, 0.2) is 12.4 Å². The Hall–Kier alpha value is -3.67. The van der Waals surface area contributed by atoms with Crippen molar-refractivity contribution in [2.24, 2.45) is 0 Å². The van der Waals surface area contributed by atoms with Gasteiger partial charge in [-0.3, -0.25) is 4.79 Å². The summed E-state index contributed by atoms with van der Waals surface area (Å²) in [4.78, 5) is 25.4. The molecule has 3 aromatic rings. The zero-order chi connectivity index (χ0) is 20.1. The lowest BCUT2D eigenvalue weighted by Crippen LogP contribution is -2.27. The number of amides is 1. The van der Waals surface area contributed by atoms with Gasteiger partial charge in [-0.2, -0.15) is 4.73 Å². The molecule has 0 fully saturated rings. The van der Waals surface area contributed by atoms with Crippen LogP contribution in [0.25, 0.3) is 0 Å². The summed E-state index contributed by atoms with van der Waals surface area (Å²) in [5.74, 6) is -1.15. The molecule has 0 unspecified atom stereocenters. The van der Waals surface area contributed by atoms with Crippen molar-refractivity contribution in [1.29, 1.82) is 0 Å². The SMILES string of the molecule is Cc1cc(C)cc(NC(=O)[C@H](OC(=O)c2cc[n+]([O-])cc2)c2ccccc2)c1. The highest BCUT2D eigenvalue weighted by Gasteiger charge is 2.26. The zero-order valence-electron chi connectivity index (χ0n) is 15.6. The number of carbonyl (C=O) groups excluding carboxylic acids is 2. The molecule has 0 saturated carbocycles. The van der Waals surface area contributed by atoms with E-state index in [2.05, 4.69) is 5.32 Å². The summed E-state index contributed by atoms with van der Waals surface area (Å²) < 4.78 is 6.06. The van der Waals surface area contributed by atoms with Gasteiger partial charge in [-0.15, -0.1) is 0 Å². The second kappa shape index (κ2) is 8.35. The van der Waals surface area contributed by atoms with Crippen LogP contribution in [0.5, 0.6) is 0 Å². The highest BCUT2D eigenvalue weighted by Crippen LogP contribution is 2.22. The average Bonchev–Trinajstić information content (AvgIpc) is 2.66. The number of hydrogen-bond acceptors (Lipinski definition) is 4. The van der Waals surface area contributed by atoms with Crippen molar-refractivity contribution in [3.8, 4) is 0 Å². The van der Waals surface area contributed by atoms with Crippen LogP contribution >= 0.6 is 0 Å². The molecule has 1 N–H and O–H groups in total. The maximum absolute atomic E-state index is 12.9. The number of aryl methyl sites for hydroxylation is 2. The van der Waals surface area contributed by atoms with E-state index in [0.29, 0.717) is 16.0 Å². The van der Waals surface area contributed by atoms with Gasteiger partial charge in [-0.25, -0.2) is 4.79 Å². The van der Waals surface area contributed by atoms with Gasteiger partial charge in [-0.1, -0.05) is 36.4 Å². The monoisotopic (exact) mass is 376 g/mol. The Morgan fingerprint density at radius 1 is 0.964 bits per heavy atom. The van der Waals surface area contributed by atoms with E-state index >= 15 is 0 Å². The molecule has 1 aromatic heterocycles. The second-order valence-electron chi connectivity index (χ2n) is 6.51. The smallest absolute Gasteiger partial charge is 0.339 e. The quantitative estimate of drug-likeness (QED) is 0.420. The predicted molar refractivity (Wildman–Crippen MR) is 105 cm³/mol. The normalized spacial score (nSPS) is 11.5. The lowest BCUT2D eigenvalue weighted by Gasteiger charge is -2.18. The van der Waals surface area contributed by atoms with Gasteiger partial charge in [0.05, 0.1) is 5.56 Å². The van der Waals surface area contributed by atoms with Crippen molar-refractivity contribution < 1.29 is 19.1 Å². The minimum absolute atomic E-state index is 0.187. The van der Waals surface area contributed by atoms with E-state index in [1.54, 1.807) is 24.3 Å². The van der Waals surface area contributed by atoms with Crippen molar-refractivity contribution in [3.05, 3.63) is 101 Å². The van der Waals surface area contributed by atoms with Crippen LogP contribution in [0.4, 0.5) is 5.69 Å². The second-order valence-corrected chi connectivity index (χ2v) is 6.51. The Labute approximate surface area is 163 Å². The van der Waals surface area contributed by atoms with Gasteiger partial charge in [0.1, 0.15) is 0 Å². The number of aromatic nitrogens is 1. The number of esters is 1.